The first kappa shape index (κ1) is 21.9. The lowest BCUT2D eigenvalue weighted by Crippen LogP contribution is -2.24. The molecule has 0 saturated heterocycles. The zero-order valence-electron chi connectivity index (χ0n) is 16.2. The Balaban J connectivity index is 2.86. The van der Waals surface area contributed by atoms with E-state index in [2.05, 4.69) is 32.9 Å². The van der Waals surface area contributed by atoms with Gasteiger partial charge in [-0.05, 0) is 64.0 Å². The van der Waals surface area contributed by atoms with Gasteiger partial charge in [0.25, 0.3) is 0 Å². The highest BCUT2D eigenvalue weighted by Gasteiger charge is 2.45. The lowest BCUT2D eigenvalue weighted by Gasteiger charge is -2.33. The van der Waals surface area contributed by atoms with Crippen molar-refractivity contribution in [1.29, 1.82) is 0 Å². The minimum atomic E-state index is -4.21. The zero-order valence-corrected chi connectivity index (χ0v) is 17.1. The van der Waals surface area contributed by atoms with E-state index >= 15 is 0 Å². The Kier molecular flexibility index (Phi) is 8.34. The topological polar surface area (TPSA) is 57.5 Å². The van der Waals surface area contributed by atoms with E-state index in [1.54, 1.807) is 0 Å². The van der Waals surface area contributed by atoms with Gasteiger partial charge >= 0.3 is 7.60 Å². The highest BCUT2D eigenvalue weighted by molar-refractivity contribution is 7.53. The van der Waals surface area contributed by atoms with Crippen molar-refractivity contribution in [3.63, 3.8) is 0 Å². The lowest BCUT2D eigenvalue weighted by atomic mass is 9.91. The van der Waals surface area contributed by atoms with Crippen molar-refractivity contribution in [2.24, 2.45) is 0 Å². The quantitative estimate of drug-likeness (QED) is 0.410. The number of hydrogen-bond donors (Lipinski definition) is 2. The largest absolute Gasteiger partial charge is 0.335 e. The summed E-state index contributed by atoms with van der Waals surface area (Å²) >= 11 is 0. The van der Waals surface area contributed by atoms with Gasteiger partial charge < -0.3 is 9.79 Å². The summed E-state index contributed by atoms with van der Waals surface area (Å²) < 4.78 is 12.0. The van der Waals surface area contributed by atoms with Crippen molar-refractivity contribution < 1.29 is 14.4 Å². The van der Waals surface area contributed by atoms with Crippen molar-refractivity contribution in [2.45, 2.75) is 71.9 Å². The first-order valence-electron chi connectivity index (χ1n) is 9.10. The molecule has 0 heterocycles. The van der Waals surface area contributed by atoms with Crippen LogP contribution in [0.1, 0.15) is 71.4 Å². The Labute approximate surface area is 153 Å². The standard InChI is InChI=1S/C21H33O3P/c1-6-21(7-2,25(22,23)24)20-15-13-19(14-16-20)12-11-18(5)10-8-9-17(3)4/h9,11,13-16H,6-8,10,12H2,1-5H3,(H2,22,23,24). The molecule has 3 nitrogen and oxygen atoms in total. The van der Waals surface area contributed by atoms with Crippen LogP contribution < -0.4 is 0 Å². The summed E-state index contributed by atoms with van der Waals surface area (Å²) in [6, 6.07) is 7.75. The van der Waals surface area contributed by atoms with E-state index in [1.165, 1.54) is 11.1 Å². The van der Waals surface area contributed by atoms with Crippen LogP contribution in [-0.2, 0) is 16.1 Å². The molecule has 25 heavy (non-hydrogen) atoms. The summed E-state index contributed by atoms with van der Waals surface area (Å²) in [6.07, 6.45) is 8.33. The Hall–Kier alpha value is -1.15. The fourth-order valence-electron chi connectivity index (χ4n) is 3.17. The van der Waals surface area contributed by atoms with Crippen molar-refractivity contribution in [3.8, 4) is 0 Å². The number of hydrogen-bond acceptors (Lipinski definition) is 1. The van der Waals surface area contributed by atoms with E-state index in [1.807, 2.05) is 38.1 Å². The second-order valence-electron chi connectivity index (χ2n) is 7.05. The average molecular weight is 364 g/mol. The lowest BCUT2D eigenvalue weighted by molar-refractivity contribution is 0.315. The molecule has 0 aliphatic heterocycles. The van der Waals surface area contributed by atoms with Crippen LogP contribution >= 0.6 is 7.60 Å². The van der Waals surface area contributed by atoms with Crippen LogP contribution in [0.25, 0.3) is 0 Å². The molecule has 0 radical (unpaired) electrons. The molecule has 0 amide bonds. The van der Waals surface area contributed by atoms with Gasteiger partial charge in [-0.25, -0.2) is 0 Å². The van der Waals surface area contributed by atoms with Crippen LogP contribution in [0.5, 0.6) is 0 Å². The average Bonchev–Trinajstić information content (AvgIpc) is 2.54. The van der Waals surface area contributed by atoms with Gasteiger partial charge in [-0.2, -0.15) is 0 Å². The molecule has 0 aliphatic carbocycles. The molecule has 0 saturated carbocycles. The Morgan fingerprint density at radius 3 is 2.04 bits per heavy atom. The maximum absolute atomic E-state index is 12.0. The maximum Gasteiger partial charge on any atom is 0.335 e. The van der Waals surface area contributed by atoms with E-state index in [9.17, 15) is 14.4 Å². The Bertz CT molecular complexity index is 642. The van der Waals surface area contributed by atoms with Gasteiger partial charge in [0.05, 0.1) is 5.16 Å². The molecule has 0 atom stereocenters. The molecule has 0 fully saturated rings. The van der Waals surface area contributed by atoms with E-state index in [0.717, 1.165) is 30.4 Å². The van der Waals surface area contributed by atoms with Gasteiger partial charge in [0.2, 0.25) is 0 Å². The van der Waals surface area contributed by atoms with E-state index in [4.69, 9.17) is 0 Å². The van der Waals surface area contributed by atoms with Crippen molar-refractivity contribution in [2.75, 3.05) is 0 Å². The first-order valence-corrected chi connectivity index (χ1v) is 10.7. The van der Waals surface area contributed by atoms with Gasteiger partial charge in [-0.1, -0.05) is 61.4 Å². The summed E-state index contributed by atoms with van der Waals surface area (Å²) in [5, 5.41) is -1.07. The Morgan fingerprint density at radius 1 is 1.04 bits per heavy atom. The highest BCUT2D eigenvalue weighted by Crippen LogP contribution is 2.60. The first-order chi connectivity index (χ1) is 11.7. The summed E-state index contributed by atoms with van der Waals surface area (Å²) in [7, 11) is -4.21. The van der Waals surface area contributed by atoms with Gasteiger partial charge in [-0.3, -0.25) is 4.57 Å². The summed E-state index contributed by atoms with van der Waals surface area (Å²) in [5.41, 5.74) is 4.62. The molecule has 1 rings (SSSR count). The van der Waals surface area contributed by atoms with Gasteiger partial charge in [0.1, 0.15) is 0 Å². The van der Waals surface area contributed by atoms with E-state index in [-0.39, 0.29) is 0 Å². The predicted molar refractivity (Wildman–Crippen MR) is 107 cm³/mol. The third-order valence-corrected chi connectivity index (χ3v) is 7.00. The van der Waals surface area contributed by atoms with Crippen LogP contribution in [0.4, 0.5) is 0 Å². The SMILES string of the molecule is CCC(CC)(c1ccc(CC=C(C)CCC=C(C)C)cc1)P(=O)(O)O. The molecule has 0 unspecified atom stereocenters. The third-order valence-electron chi connectivity index (χ3n) is 5.00. The van der Waals surface area contributed by atoms with Crippen LogP contribution in [-0.4, -0.2) is 9.79 Å². The van der Waals surface area contributed by atoms with Crippen LogP contribution in [0.3, 0.4) is 0 Å². The number of rotatable bonds is 9. The molecule has 2 N–H and O–H groups in total. The predicted octanol–water partition coefficient (Wildman–Crippen LogP) is 6.11. The molecule has 140 valence electrons. The fourth-order valence-corrected chi connectivity index (χ4v) is 4.48. The second kappa shape index (κ2) is 9.52. The molecule has 1 aromatic rings. The molecule has 4 heteroatoms. The van der Waals surface area contributed by atoms with E-state index < -0.39 is 12.8 Å². The monoisotopic (exact) mass is 364 g/mol. The maximum atomic E-state index is 12.0. The molecule has 0 aromatic heterocycles. The molecule has 0 bridgehead atoms. The summed E-state index contributed by atoms with van der Waals surface area (Å²) in [5.74, 6) is 0. The third kappa shape index (κ3) is 5.95. The molecular formula is C21H33O3P. The smallest absolute Gasteiger partial charge is 0.324 e. The summed E-state index contributed by atoms with van der Waals surface area (Å²) in [4.78, 5) is 19.7. The summed E-state index contributed by atoms with van der Waals surface area (Å²) in [6.45, 7) is 10.1. The van der Waals surface area contributed by atoms with Gasteiger partial charge in [0.15, 0.2) is 0 Å². The normalized spacial score (nSPS) is 13.0. The van der Waals surface area contributed by atoms with E-state index in [0.29, 0.717) is 12.8 Å². The minimum absolute atomic E-state index is 0.427. The zero-order chi connectivity index (χ0) is 19.1. The van der Waals surface area contributed by atoms with Gasteiger partial charge in [0, 0.05) is 0 Å². The van der Waals surface area contributed by atoms with Crippen molar-refractivity contribution >= 4 is 7.60 Å². The van der Waals surface area contributed by atoms with Crippen LogP contribution in [0.15, 0.2) is 47.6 Å². The molecule has 0 aliphatic rings. The van der Waals surface area contributed by atoms with Crippen LogP contribution in [0, 0.1) is 0 Å². The number of allylic oxidation sites excluding steroid dienone is 4. The second-order valence-corrected chi connectivity index (χ2v) is 9.00. The van der Waals surface area contributed by atoms with Crippen molar-refractivity contribution in [3.05, 3.63) is 58.7 Å². The molecular weight excluding hydrogens is 331 g/mol. The fraction of sp³-hybridized carbons (Fsp3) is 0.524. The highest BCUT2D eigenvalue weighted by atomic mass is 31.2. The Morgan fingerprint density at radius 2 is 1.60 bits per heavy atom. The number of benzene rings is 1. The molecule has 0 spiro atoms. The molecule has 1 aromatic carbocycles. The van der Waals surface area contributed by atoms with Gasteiger partial charge in [-0.15, -0.1) is 0 Å². The van der Waals surface area contributed by atoms with Crippen molar-refractivity contribution in [1.82, 2.24) is 0 Å². The van der Waals surface area contributed by atoms with Crippen LogP contribution in [0.2, 0.25) is 0 Å². The minimum Gasteiger partial charge on any atom is -0.324 e.